The number of piperazine rings is 1. The number of aromatic nitrogens is 2. The molecule has 1 saturated heterocycles. The average molecular weight is 312 g/mol. The van der Waals surface area contributed by atoms with Crippen molar-refractivity contribution in [1.29, 1.82) is 0 Å². The van der Waals surface area contributed by atoms with Gasteiger partial charge in [-0.05, 0) is 25.5 Å². The fourth-order valence-electron chi connectivity index (χ4n) is 3.14. The van der Waals surface area contributed by atoms with E-state index < -0.39 is 0 Å². The molecule has 5 heteroatoms. The molecule has 1 aromatic carbocycles. The van der Waals surface area contributed by atoms with Crippen molar-refractivity contribution < 1.29 is 4.79 Å². The molecule has 1 fully saturated rings. The number of aryl methyl sites for hydroxylation is 3. The summed E-state index contributed by atoms with van der Waals surface area (Å²) in [5, 5.41) is 4.39. The molecule has 1 aliphatic rings. The second-order valence-corrected chi connectivity index (χ2v) is 6.30. The highest BCUT2D eigenvalue weighted by molar-refractivity contribution is 5.95. The summed E-state index contributed by atoms with van der Waals surface area (Å²) in [7, 11) is 1.95. The molecule has 5 nitrogen and oxygen atoms in total. The third-order valence-corrected chi connectivity index (χ3v) is 4.54. The van der Waals surface area contributed by atoms with Crippen molar-refractivity contribution in [1.82, 2.24) is 19.6 Å². The number of carbonyl (C=O) groups excluding carboxylic acids is 1. The summed E-state index contributed by atoms with van der Waals surface area (Å²) in [6.45, 7) is 8.34. The first-order valence-corrected chi connectivity index (χ1v) is 8.11. The lowest BCUT2D eigenvalue weighted by Crippen LogP contribution is -2.48. The van der Waals surface area contributed by atoms with E-state index in [1.54, 1.807) is 0 Å². The first-order chi connectivity index (χ1) is 11.0. The molecular weight excluding hydrogens is 288 g/mol. The molecule has 3 rings (SSSR count). The normalized spacial score (nSPS) is 15.9. The predicted molar refractivity (Wildman–Crippen MR) is 90.3 cm³/mol. The van der Waals surface area contributed by atoms with Crippen LogP contribution in [0.5, 0.6) is 0 Å². The molecular formula is C18H24N4O. The largest absolute Gasteiger partial charge is 0.336 e. The minimum atomic E-state index is 0.153. The Kier molecular flexibility index (Phi) is 4.48. The Hall–Kier alpha value is -2.14. The van der Waals surface area contributed by atoms with Crippen LogP contribution < -0.4 is 0 Å². The van der Waals surface area contributed by atoms with Gasteiger partial charge in [-0.15, -0.1) is 0 Å². The SMILES string of the molecule is Cc1ccccc1C(=O)N1CCN(Cc2cn(C)nc2C)CC1. The number of hydrogen-bond acceptors (Lipinski definition) is 3. The zero-order valence-corrected chi connectivity index (χ0v) is 14.1. The molecule has 0 spiro atoms. The van der Waals surface area contributed by atoms with Crippen LogP contribution in [-0.4, -0.2) is 51.7 Å². The highest BCUT2D eigenvalue weighted by atomic mass is 16.2. The Morgan fingerprint density at radius 1 is 1.13 bits per heavy atom. The summed E-state index contributed by atoms with van der Waals surface area (Å²) in [6, 6.07) is 7.82. The zero-order chi connectivity index (χ0) is 16.4. The van der Waals surface area contributed by atoms with Gasteiger partial charge in [0.1, 0.15) is 0 Å². The third kappa shape index (κ3) is 3.45. The van der Waals surface area contributed by atoms with Gasteiger partial charge in [-0.2, -0.15) is 5.10 Å². The predicted octanol–water partition coefficient (Wildman–Crippen LogP) is 1.99. The Balaban J connectivity index is 1.59. The van der Waals surface area contributed by atoms with Gasteiger partial charge in [0.25, 0.3) is 5.91 Å². The van der Waals surface area contributed by atoms with Crippen LogP contribution in [0.3, 0.4) is 0 Å². The van der Waals surface area contributed by atoms with Crippen LogP contribution in [0.1, 0.15) is 27.2 Å². The monoisotopic (exact) mass is 312 g/mol. The maximum atomic E-state index is 12.6. The van der Waals surface area contributed by atoms with Crippen molar-refractivity contribution in [2.24, 2.45) is 7.05 Å². The number of amides is 1. The van der Waals surface area contributed by atoms with Crippen LogP contribution in [0, 0.1) is 13.8 Å². The topological polar surface area (TPSA) is 41.4 Å². The molecule has 122 valence electrons. The van der Waals surface area contributed by atoms with E-state index >= 15 is 0 Å². The van der Waals surface area contributed by atoms with E-state index in [0.29, 0.717) is 0 Å². The molecule has 0 saturated carbocycles. The van der Waals surface area contributed by atoms with E-state index in [1.165, 1.54) is 5.56 Å². The Bertz CT molecular complexity index is 699. The molecule has 0 bridgehead atoms. The first-order valence-electron chi connectivity index (χ1n) is 8.11. The van der Waals surface area contributed by atoms with E-state index in [9.17, 15) is 4.79 Å². The number of rotatable bonds is 3. The van der Waals surface area contributed by atoms with Gasteiger partial charge in [0.05, 0.1) is 5.69 Å². The number of hydrogen-bond donors (Lipinski definition) is 0. The molecule has 2 aromatic rings. The van der Waals surface area contributed by atoms with Gasteiger partial charge in [0.2, 0.25) is 0 Å². The molecule has 23 heavy (non-hydrogen) atoms. The first kappa shape index (κ1) is 15.7. The van der Waals surface area contributed by atoms with Gasteiger partial charge >= 0.3 is 0 Å². The lowest BCUT2D eigenvalue weighted by Gasteiger charge is -2.35. The molecule has 0 radical (unpaired) electrons. The van der Waals surface area contributed by atoms with Crippen LogP contribution >= 0.6 is 0 Å². The molecule has 0 unspecified atom stereocenters. The van der Waals surface area contributed by atoms with Crippen molar-refractivity contribution in [3.63, 3.8) is 0 Å². The quantitative estimate of drug-likeness (QED) is 0.870. The highest BCUT2D eigenvalue weighted by Crippen LogP contribution is 2.15. The minimum Gasteiger partial charge on any atom is -0.336 e. The number of benzene rings is 1. The van der Waals surface area contributed by atoms with Crippen LogP contribution in [0.25, 0.3) is 0 Å². The van der Waals surface area contributed by atoms with E-state index in [-0.39, 0.29) is 5.91 Å². The summed E-state index contributed by atoms with van der Waals surface area (Å²) in [5.74, 6) is 0.153. The Morgan fingerprint density at radius 2 is 1.83 bits per heavy atom. The van der Waals surface area contributed by atoms with E-state index in [1.807, 2.05) is 54.7 Å². The van der Waals surface area contributed by atoms with Crippen molar-refractivity contribution >= 4 is 5.91 Å². The van der Waals surface area contributed by atoms with Gasteiger partial charge in [-0.3, -0.25) is 14.4 Å². The maximum Gasteiger partial charge on any atom is 0.254 e. The van der Waals surface area contributed by atoms with Crippen LogP contribution in [0.2, 0.25) is 0 Å². The Labute approximate surface area is 137 Å². The van der Waals surface area contributed by atoms with Crippen molar-refractivity contribution in [3.8, 4) is 0 Å². The Morgan fingerprint density at radius 3 is 2.43 bits per heavy atom. The summed E-state index contributed by atoms with van der Waals surface area (Å²) in [4.78, 5) is 17.0. The summed E-state index contributed by atoms with van der Waals surface area (Å²) in [6.07, 6.45) is 2.08. The smallest absolute Gasteiger partial charge is 0.254 e. The third-order valence-electron chi connectivity index (χ3n) is 4.54. The lowest BCUT2D eigenvalue weighted by molar-refractivity contribution is 0.0627. The second kappa shape index (κ2) is 6.54. The van der Waals surface area contributed by atoms with E-state index in [4.69, 9.17) is 0 Å². The van der Waals surface area contributed by atoms with Crippen LogP contribution in [-0.2, 0) is 13.6 Å². The van der Waals surface area contributed by atoms with Gasteiger partial charge in [-0.1, -0.05) is 18.2 Å². The molecule has 0 aliphatic carbocycles. The second-order valence-electron chi connectivity index (χ2n) is 6.30. The average Bonchev–Trinajstić information content (AvgIpc) is 2.85. The molecule has 0 N–H and O–H groups in total. The number of nitrogens with zero attached hydrogens (tertiary/aromatic N) is 4. The lowest BCUT2D eigenvalue weighted by atomic mass is 10.1. The van der Waals surface area contributed by atoms with E-state index in [0.717, 1.165) is 49.5 Å². The molecule has 1 aromatic heterocycles. The van der Waals surface area contributed by atoms with Crippen molar-refractivity contribution in [2.75, 3.05) is 26.2 Å². The zero-order valence-electron chi connectivity index (χ0n) is 14.1. The minimum absolute atomic E-state index is 0.153. The summed E-state index contributed by atoms with van der Waals surface area (Å²) in [5.41, 5.74) is 4.23. The molecule has 1 aliphatic heterocycles. The van der Waals surface area contributed by atoms with Gasteiger partial charge in [-0.25, -0.2) is 0 Å². The van der Waals surface area contributed by atoms with Gasteiger partial charge < -0.3 is 4.90 Å². The standard InChI is InChI=1S/C18H24N4O/c1-14-6-4-5-7-17(14)18(23)22-10-8-21(9-11-22)13-16-12-20(3)19-15(16)2/h4-7,12H,8-11,13H2,1-3H3. The fraction of sp³-hybridized carbons (Fsp3) is 0.444. The van der Waals surface area contributed by atoms with Crippen LogP contribution in [0.4, 0.5) is 0 Å². The van der Waals surface area contributed by atoms with Gasteiger partial charge in [0, 0.05) is 57.1 Å². The van der Waals surface area contributed by atoms with Crippen molar-refractivity contribution in [3.05, 3.63) is 52.8 Å². The maximum absolute atomic E-state index is 12.6. The molecule has 1 amide bonds. The summed E-state index contributed by atoms with van der Waals surface area (Å²) >= 11 is 0. The molecule has 2 heterocycles. The summed E-state index contributed by atoms with van der Waals surface area (Å²) < 4.78 is 1.86. The van der Waals surface area contributed by atoms with E-state index in [2.05, 4.69) is 16.2 Å². The highest BCUT2D eigenvalue weighted by Gasteiger charge is 2.23. The van der Waals surface area contributed by atoms with Crippen molar-refractivity contribution in [2.45, 2.75) is 20.4 Å². The molecule has 0 atom stereocenters. The van der Waals surface area contributed by atoms with Gasteiger partial charge in [0.15, 0.2) is 0 Å². The number of carbonyl (C=O) groups is 1. The fourth-order valence-corrected chi connectivity index (χ4v) is 3.14. The van der Waals surface area contributed by atoms with Crippen LogP contribution in [0.15, 0.2) is 30.5 Å².